The van der Waals surface area contributed by atoms with Crippen LogP contribution in [-0.4, -0.2) is 35.1 Å². The summed E-state index contributed by atoms with van der Waals surface area (Å²) >= 11 is 10.8. The van der Waals surface area contributed by atoms with Gasteiger partial charge in [-0.1, -0.05) is 66.7 Å². The first-order chi connectivity index (χ1) is 19.9. The Bertz CT molecular complexity index is 1450. The van der Waals surface area contributed by atoms with Gasteiger partial charge in [0.25, 0.3) is 0 Å². The molecule has 0 saturated carbocycles. The average molecular weight is 660 g/mol. The topological polar surface area (TPSA) is 99.5 Å². The molecule has 7 nitrogen and oxygen atoms in total. The van der Waals surface area contributed by atoms with E-state index in [-0.39, 0.29) is 27.4 Å². The minimum Gasteiger partial charge on any atom is -0.741 e. The van der Waals surface area contributed by atoms with Crippen LogP contribution in [0.25, 0.3) is 0 Å². The molecule has 0 atom stereocenters. The van der Waals surface area contributed by atoms with Crippen LogP contribution in [0.5, 0.6) is 0 Å². The van der Waals surface area contributed by atoms with Crippen molar-refractivity contribution in [1.29, 1.82) is 0 Å². The quantitative estimate of drug-likeness (QED) is 0.0482. The van der Waals surface area contributed by atoms with Crippen molar-refractivity contribution in [3.63, 3.8) is 0 Å². The summed E-state index contributed by atoms with van der Waals surface area (Å²) in [6, 6.07) is 39.0. The van der Waals surface area contributed by atoms with Crippen molar-refractivity contribution in [3.8, 4) is 0 Å². The molecule has 11 heteroatoms. The number of nitrogens with zero attached hydrogens (tertiary/aromatic N) is 4. The van der Waals surface area contributed by atoms with Gasteiger partial charge in [0, 0.05) is 23.5 Å². The number of benzene rings is 4. The molecular weight excluding hydrogens is 629 g/mol. The molecule has 0 aliphatic heterocycles. The maximum atomic E-state index is 5.87. The largest absolute Gasteiger partial charge is 2.00 e. The Morgan fingerprint density at radius 2 is 1.12 bits per heavy atom. The smallest absolute Gasteiger partial charge is 0.741 e. The van der Waals surface area contributed by atoms with Crippen LogP contribution in [0, 0.1) is 0 Å². The molecule has 42 heavy (non-hydrogen) atoms. The third kappa shape index (κ3) is 8.22. The van der Waals surface area contributed by atoms with Gasteiger partial charge in [-0.25, -0.2) is 0 Å². The molecule has 0 bridgehead atoms. The van der Waals surface area contributed by atoms with Crippen LogP contribution in [0.4, 0.5) is 5.69 Å². The number of amidine groups is 2. The second kappa shape index (κ2) is 16.1. The summed E-state index contributed by atoms with van der Waals surface area (Å²) in [7, 11) is -0.442. The van der Waals surface area contributed by atoms with Crippen LogP contribution in [-0.2, 0) is 42.3 Å². The number of nitrogens with one attached hydrogen (secondary N) is 2. The van der Waals surface area contributed by atoms with Gasteiger partial charge in [0.1, 0.15) is 35.2 Å². The van der Waals surface area contributed by atoms with Gasteiger partial charge in [-0.2, -0.15) is 15.3 Å². The molecule has 0 amide bonds. The maximum Gasteiger partial charge on any atom is 2.00 e. The van der Waals surface area contributed by atoms with Gasteiger partial charge >= 0.3 is 17.1 Å². The first-order valence-electron chi connectivity index (χ1n) is 12.9. The van der Waals surface area contributed by atoms with E-state index in [1.165, 1.54) is 15.9 Å². The molecule has 4 aromatic carbocycles. The van der Waals surface area contributed by atoms with Crippen molar-refractivity contribution in [2.75, 3.05) is 19.1 Å². The number of rotatable bonds is 9. The van der Waals surface area contributed by atoms with Gasteiger partial charge in [-0.3, -0.25) is 0 Å². The monoisotopic (exact) mass is 659 g/mol. The minimum absolute atomic E-state index is 0. The van der Waals surface area contributed by atoms with Crippen LogP contribution in [0.2, 0.25) is 0 Å². The van der Waals surface area contributed by atoms with Crippen LogP contribution in [0.1, 0.15) is 12.5 Å². The Morgan fingerprint density at radius 1 is 0.667 bits per heavy atom. The van der Waals surface area contributed by atoms with E-state index in [0.717, 1.165) is 5.56 Å². The van der Waals surface area contributed by atoms with E-state index in [1.807, 2.05) is 30.3 Å². The molecule has 0 fully saturated rings. The summed E-state index contributed by atoms with van der Waals surface area (Å²) in [5.41, 5.74) is 8.33. The zero-order valence-electron chi connectivity index (χ0n) is 23.1. The van der Waals surface area contributed by atoms with Crippen molar-refractivity contribution < 1.29 is 17.1 Å². The zero-order chi connectivity index (χ0) is 29.1. The number of hydrogen-bond donors (Lipinski definition) is 3. The molecule has 4 N–H and O–H groups in total. The summed E-state index contributed by atoms with van der Waals surface area (Å²) in [4.78, 5) is 0. The molecule has 0 aliphatic carbocycles. The Hall–Kier alpha value is -3.65. The molecule has 0 spiro atoms. The van der Waals surface area contributed by atoms with E-state index in [2.05, 4.69) is 104 Å². The van der Waals surface area contributed by atoms with Gasteiger partial charge in [0.15, 0.2) is 0 Å². The molecule has 0 aromatic heterocycles. The van der Waals surface area contributed by atoms with Crippen molar-refractivity contribution in [2.45, 2.75) is 6.92 Å². The van der Waals surface area contributed by atoms with Crippen LogP contribution >= 0.6 is 7.26 Å². The van der Waals surface area contributed by atoms with Crippen molar-refractivity contribution in [3.05, 3.63) is 121 Å². The SMILES string of the molecule is CN/C([S-])=N/N=C(/C(C)=N/N=C(\[S-])NC[P+](c1ccccc1)(c1ccccc1)c1ccccc1)c1ccc(N)cc1.[Cu+2]. The fourth-order valence-electron chi connectivity index (χ4n) is 4.28. The third-order valence-corrected chi connectivity index (χ3v) is 11.0. The summed E-state index contributed by atoms with van der Waals surface area (Å²) < 4.78 is 0. The number of nitrogen functional groups attached to an aromatic ring is 1. The van der Waals surface area contributed by atoms with Gasteiger partial charge in [0.05, 0.1) is 5.71 Å². The first-order valence-corrected chi connectivity index (χ1v) is 15.7. The predicted octanol–water partition coefficient (Wildman–Crippen LogP) is 3.91. The van der Waals surface area contributed by atoms with Gasteiger partial charge in [-0.15, -0.1) is 5.10 Å². The standard InChI is InChI=1S/C31H32N7PS2.Cu/c1-23(29(36-37-30(40)33-2)24-18-20-25(32)21-19-24)35-38-31(41)34-22-39(26-12-6-3-7-13-26,27-14-8-4-9-15-27)28-16-10-5-11-17-28;/h3-21H,22H2,1-2H3,(H5-,32,33,34,35,36,37,38,40,41);/q;+2/p-1. The van der Waals surface area contributed by atoms with E-state index in [4.69, 9.17) is 31.0 Å². The minimum atomic E-state index is -2.13. The Morgan fingerprint density at radius 3 is 1.57 bits per heavy atom. The number of hydrogen-bond acceptors (Lipinski definition) is 7. The Labute approximate surface area is 269 Å². The Kier molecular flexibility index (Phi) is 12.6. The van der Waals surface area contributed by atoms with Crippen LogP contribution in [0.3, 0.4) is 0 Å². The fourth-order valence-corrected chi connectivity index (χ4v) is 8.42. The summed E-state index contributed by atoms with van der Waals surface area (Å²) in [5, 5.41) is 27.6. The fraction of sp³-hybridized carbons (Fsp3) is 0.0968. The summed E-state index contributed by atoms with van der Waals surface area (Å²) in [6.45, 7) is 1.80. The van der Waals surface area contributed by atoms with E-state index < -0.39 is 7.26 Å². The molecule has 0 unspecified atom stereocenters. The van der Waals surface area contributed by atoms with Gasteiger partial charge < -0.3 is 41.6 Å². The molecule has 0 heterocycles. The van der Waals surface area contributed by atoms with E-state index in [0.29, 0.717) is 23.4 Å². The van der Waals surface area contributed by atoms with Gasteiger partial charge in [0.2, 0.25) is 0 Å². The molecule has 217 valence electrons. The average Bonchev–Trinajstić information content (AvgIpc) is 3.02. The normalized spacial score (nSPS) is 12.8. The summed E-state index contributed by atoms with van der Waals surface area (Å²) in [6.07, 6.45) is 0.576. The molecule has 0 saturated heterocycles. The van der Waals surface area contributed by atoms with E-state index in [9.17, 15) is 0 Å². The molecular formula is C31H31CuN7PS2+. The van der Waals surface area contributed by atoms with Crippen molar-refractivity contribution >= 4 is 75.9 Å². The Balaban J connectivity index is 0.00000484. The molecule has 0 aliphatic rings. The first kappa shape index (κ1) is 32.9. The second-order valence-corrected chi connectivity index (χ2v) is 13.2. The number of anilines is 1. The van der Waals surface area contributed by atoms with Crippen molar-refractivity contribution in [1.82, 2.24) is 10.6 Å². The molecule has 1 radical (unpaired) electrons. The van der Waals surface area contributed by atoms with Crippen molar-refractivity contribution in [2.24, 2.45) is 20.4 Å². The van der Waals surface area contributed by atoms with E-state index in [1.54, 1.807) is 26.1 Å². The van der Waals surface area contributed by atoms with Crippen LogP contribution in [0.15, 0.2) is 136 Å². The zero-order valence-corrected chi connectivity index (χ0v) is 26.6. The van der Waals surface area contributed by atoms with Gasteiger partial charge in [-0.05, 0) is 60.6 Å². The third-order valence-electron chi connectivity index (χ3n) is 6.33. The molecule has 4 aromatic rings. The maximum absolute atomic E-state index is 5.87. The summed E-state index contributed by atoms with van der Waals surface area (Å²) in [5.74, 6) is 0. The molecule has 4 rings (SSSR count). The predicted molar refractivity (Wildman–Crippen MR) is 182 cm³/mol. The van der Waals surface area contributed by atoms with E-state index >= 15 is 0 Å². The number of nitrogens with two attached hydrogens (primary N) is 1. The van der Waals surface area contributed by atoms with Crippen LogP contribution < -0.4 is 32.3 Å². The second-order valence-electron chi connectivity index (χ2n) is 8.97.